The van der Waals surface area contributed by atoms with Gasteiger partial charge in [-0.25, -0.2) is 0 Å². The minimum atomic E-state index is -0.349. The lowest BCUT2D eigenvalue weighted by atomic mass is 9.92. The highest BCUT2D eigenvalue weighted by Crippen LogP contribution is 2.26. The van der Waals surface area contributed by atoms with Crippen LogP contribution >= 0.6 is 0 Å². The van der Waals surface area contributed by atoms with Gasteiger partial charge in [0.15, 0.2) is 0 Å². The maximum absolute atomic E-state index is 10.1. The molecule has 2 unspecified atom stereocenters. The van der Waals surface area contributed by atoms with Crippen molar-refractivity contribution in [1.29, 1.82) is 0 Å². The number of aromatic nitrogens is 1. The van der Waals surface area contributed by atoms with Crippen LogP contribution in [0.15, 0.2) is 18.5 Å². The normalized spacial score (nSPS) is 15.1. The first kappa shape index (κ1) is 11.2. The average molecular weight is 193 g/mol. The van der Waals surface area contributed by atoms with Gasteiger partial charge in [-0.2, -0.15) is 0 Å². The largest absolute Gasteiger partial charge is 0.388 e. The fourth-order valence-electron chi connectivity index (χ4n) is 1.74. The number of hydrogen-bond donors (Lipinski definition) is 1. The van der Waals surface area contributed by atoms with Crippen molar-refractivity contribution in [1.82, 2.24) is 4.98 Å². The van der Waals surface area contributed by atoms with Gasteiger partial charge in [-0.3, -0.25) is 4.98 Å². The Morgan fingerprint density at radius 1 is 1.50 bits per heavy atom. The molecule has 0 saturated carbocycles. The van der Waals surface area contributed by atoms with Gasteiger partial charge < -0.3 is 5.11 Å². The Hall–Kier alpha value is -0.890. The van der Waals surface area contributed by atoms with Gasteiger partial charge in [0.25, 0.3) is 0 Å². The summed E-state index contributed by atoms with van der Waals surface area (Å²) in [6.07, 6.45) is 5.37. The predicted octanol–water partition coefficient (Wildman–Crippen LogP) is 2.86. The van der Waals surface area contributed by atoms with Crippen molar-refractivity contribution in [3.8, 4) is 0 Å². The molecule has 2 heteroatoms. The Morgan fingerprint density at radius 2 is 2.21 bits per heavy atom. The molecule has 1 N–H and O–H groups in total. The fraction of sp³-hybridized carbons (Fsp3) is 0.583. The second-order valence-corrected chi connectivity index (χ2v) is 3.94. The first-order chi connectivity index (χ1) is 6.66. The summed E-state index contributed by atoms with van der Waals surface area (Å²) >= 11 is 0. The molecule has 0 spiro atoms. The molecular formula is C12H19NO. The van der Waals surface area contributed by atoms with Crippen LogP contribution in [0.1, 0.15) is 43.9 Å². The number of hydrogen-bond acceptors (Lipinski definition) is 2. The van der Waals surface area contributed by atoms with E-state index in [0.29, 0.717) is 5.92 Å². The molecular weight excluding hydrogens is 174 g/mol. The third-order valence-corrected chi connectivity index (χ3v) is 2.67. The second kappa shape index (κ2) is 5.11. The summed E-state index contributed by atoms with van der Waals surface area (Å²) in [5, 5.41) is 10.1. The van der Waals surface area contributed by atoms with Crippen LogP contribution in [0.4, 0.5) is 0 Å². The molecule has 2 atom stereocenters. The molecule has 0 aliphatic carbocycles. The van der Waals surface area contributed by atoms with Crippen LogP contribution < -0.4 is 0 Å². The molecule has 0 aliphatic rings. The van der Waals surface area contributed by atoms with Crippen LogP contribution in [-0.2, 0) is 0 Å². The Labute approximate surface area is 86.0 Å². The first-order valence-electron chi connectivity index (χ1n) is 5.25. The Balaban J connectivity index is 2.78. The number of aliphatic hydroxyl groups excluding tert-OH is 1. The van der Waals surface area contributed by atoms with Gasteiger partial charge in [-0.05, 0) is 36.5 Å². The zero-order chi connectivity index (χ0) is 10.6. The van der Waals surface area contributed by atoms with E-state index in [4.69, 9.17) is 0 Å². The topological polar surface area (TPSA) is 33.1 Å². The van der Waals surface area contributed by atoms with Crippen LogP contribution in [0.5, 0.6) is 0 Å². The smallest absolute Gasteiger partial charge is 0.0819 e. The van der Waals surface area contributed by atoms with E-state index in [9.17, 15) is 5.11 Å². The SMILES string of the molecule is CCCC(C)C(O)c1ccncc1C. The summed E-state index contributed by atoms with van der Waals surface area (Å²) in [6, 6.07) is 1.91. The maximum atomic E-state index is 10.1. The zero-order valence-electron chi connectivity index (χ0n) is 9.20. The van der Waals surface area contributed by atoms with Gasteiger partial charge >= 0.3 is 0 Å². The molecule has 2 nitrogen and oxygen atoms in total. The van der Waals surface area contributed by atoms with Crippen LogP contribution in [0, 0.1) is 12.8 Å². The van der Waals surface area contributed by atoms with Gasteiger partial charge in [0.05, 0.1) is 6.10 Å². The van der Waals surface area contributed by atoms with Crippen LogP contribution in [0.3, 0.4) is 0 Å². The molecule has 0 fully saturated rings. The summed E-state index contributed by atoms with van der Waals surface area (Å²) in [6.45, 7) is 6.22. The quantitative estimate of drug-likeness (QED) is 0.797. The van der Waals surface area contributed by atoms with E-state index in [0.717, 1.165) is 24.0 Å². The molecule has 0 aromatic carbocycles. The van der Waals surface area contributed by atoms with E-state index in [2.05, 4.69) is 18.8 Å². The van der Waals surface area contributed by atoms with Gasteiger partial charge in [-0.15, -0.1) is 0 Å². The summed E-state index contributed by atoms with van der Waals surface area (Å²) < 4.78 is 0. The van der Waals surface area contributed by atoms with Crippen LogP contribution in [-0.4, -0.2) is 10.1 Å². The average Bonchev–Trinajstić information content (AvgIpc) is 2.18. The lowest BCUT2D eigenvalue weighted by Gasteiger charge is -2.19. The van der Waals surface area contributed by atoms with Crippen molar-refractivity contribution >= 4 is 0 Å². The monoisotopic (exact) mass is 193 g/mol. The third-order valence-electron chi connectivity index (χ3n) is 2.67. The van der Waals surface area contributed by atoms with Crippen molar-refractivity contribution in [2.24, 2.45) is 5.92 Å². The number of pyridine rings is 1. The minimum absolute atomic E-state index is 0.320. The van der Waals surface area contributed by atoms with Gasteiger partial charge in [0, 0.05) is 12.4 Å². The number of nitrogens with zero attached hydrogens (tertiary/aromatic N) is 1. The fourth-order valence-corrected chi connectivity index (χ4v) is 1.74. The van der Waals surface area contributed by atoms with E-state index in [1.165, 1.54) is 0 Å². The molecule has 14 heavy (non-hydrogen) atoms. The van der Waals surface area contributed by atoms with Crippen molar-refractivity contribution in [3.05, 3.63) is 29.6 Å². The van der Waals surface area contributed by atoms with Gasteiger partial charge in [-0.1, -0.05) is 20.3 Å². The minimum Gasteiger partial charge on any atom is -0.388 e. The molecule has 1 aromatic heterocycles. The van der Waals surface area contributed by atoms with Crippen molar-refractivity contribution in [3.63, 3.8) is 0 Å². The maximum Gasteiger partial charge on any atom is 0.0819 e. The van der Waals surface area contributed by atoms with E-state index in [-0.39, 0.29) is 6.10 Å². The summed E-state index contributed by atoms with van der Waals surface area (Å²) in [5.74, 6) is 0.320. The number of aryl methyl sites for hydroxylation is 1. The molecule has 78 valence electrons. The van der Waals surface area contributed by atoms with Crippen molar-refractivity contribution < 1.29 is 5.11 Å². The highest BCUT2D eigenvalue weighted by molar-refractivity contribution is 5.24. The highest BCUT2D eigenvalue weighted by atomic mass is 16.3. The summed E-state index contributed by atoms with van der Waals surface area (Å²) in [5.41, 5.74) is 2.09. The zero-order valence-corrected chi connectivity index (χ0v) is 9.20. The van der Waals surface area contributed by atoms with Crippen molar-refractivity contribution in [2.75, 3.05) is 0 Å². The molecule has 1 rings (SSSR count). The van der Waals surface area contributed by atoms with Crippen LogP contribution in [0.2, 0.25) is 0 Å². The Morgan fingerprint density at radius 3 is 2.79 bits per heavy atom. The third kappa shape index (κ3) is 2.55. The Kier molecular flexibility index (Phi) is 4.08. The molecule has 0 amide bonds. The molecule has 0 saturated heterocycles. The molecule has 1 heterocycles. The van der Waals surface area contributed by atoms with Crippen LogP contribution in [0.25, 0.3) is 0 Å². The van der Waals surface area contributed by atoms with Gasteiger partial charge in [0.2, 0.25) is 0 Å². The molecule has 0 bridgehead atoms. The van der Waals surface area contributed by atoms with E-state index >= 15 is 0 Å². The molecule has 1 aromatic rings. The van der Waals surface area contributed by atoms with E-state index < -0.39 is 0 Å². The first-order valence-corrected chi connectivity index (χ1v) is 5.25. The van der Waals surface area contributed by atoms with Crippen molar-refractivity contribution in [2.45, 2.75) is 39.7 Å². The number of rotatable bonds is 4. The number of aliphatic hydroxyl groups is 1. The Bertz CT molecular complexity index is 285. The van der Waals surface area contributed by atoms with E-state index in [1.54, 1.807) is 12.4 Å². The lowest BCUT2D eigenvalue weighted by Crippen LogP contribution is -2.10. The molecule has 0 radical (unpaired) electrons. The predicted molar refractivity (Wildman–Crippen MR) is 58.0 cm³/mol. The summed E-state index contributed by atoms with van der Waals surface area (Å²) in [4.78, 5) is 4.02. The molecule has 0 aliphatic heterocycles. The summed E-state index contributed by atoms with van der Waals surface area (Å²) in [7, 11) is 0. The van der Waals surface area contributed by atoms with Gasteiger partial charge in [0.1, 0.15) is 0 Å². The second-order valence-electron chi connectivity index (χ2n) is 3.94. The standard InChI is InChI=1S/C12H19NO/c1-4-5-9(2)12(14)11-6-7-13-8-10(11)3/h6-9,12,14H,4-5H2,1-3H3. The highest BCUT2D eigenvalue weighted by Gasteiger charge is 2.16. The van der Waals surface area contributed by atoms with E-state index in [1.807, 2.05) is 13.0 Å². The lowest BCUT2D eigenvalue weighted by molar-refractivity contribution is 0.111.